The number of carbonyl (C=O) groups is 4. The van der Waals surface area contributed by atoms with Gasteiger partial charge in [0.25, 0.3) is 0 Å². The summed E-state index contributed by atoms with van der Waals surface area (Å²) < 4.78 is 0. The molecule has 0 aliphatic carbocycles. The number of carboxylic acids is 1. The number of rotatable bonds is 9. The topological polar surface area (TPSA) is 171 Å². The van der Waals surface area contributed by atoms with E-state index in [1.54, 1.807) is 11.9 Å². The third-order valence-electron chi connectivity index (χ3n) is 7.73. The fourth-order valence-corrected chi connectivity index (χ4v) is 7.42. The second kappa shape index (κ2) is 10.2. The molecule has 4 heterocycles. The van der Waals surface area contributed by atoms with Gasteiger partial charge in [0, 0.05) is 54.2 Å². The van der Waals surface area contributed by atoms with Crippen molar-refractivity contribution in [3.63, 3.8) is 0 Å². The maximum absolute atomic E-state index is 13.0. The fourth-order valence-electron chi connectivity index (χ4n) is 5.94. The molecule has 3 saturated heterocycles. The molecule has 4 aliphatic rings. The normalized spacial score (nSPS) is 35.3. The summed E-state index contributed by atoms with van der Waals surface area (Å²) >= 11 is 1.45. The van der Waals surface area contributed by atoms with E-state index in [4.69, 9.17) is 11.5 Å². The van der Waals surface area contributed by atoms with Crippen LogP contribution in [0.15, 0.2) is 10.6 Å². The first-order valence-corrected chi connectivity index (χ1v) is 13.1. The van der Waals surface area contributed by atoms with Gasteiger partial charge in [-0.25, -0.2) is 4.79 Å². The summed E-state index contributed by atoms with van der Waals surface area (Å²) in [7, 11) is 1.70. The summed E-state index contributed by atoms with van der Waals surface area (Å²) in [6.45, 7) is 5.54. The largest absolute Gasteiger partial charge is 0.477 e. The Hall–Kier alpha value is -1.99. The van der Waals surface area contributed by atoms with Crippen LogP contribution in [0.25, 0.3) is 0 Å². The number of amides is 2. The van der Waals surface area contributed by atoms with Gasteiger partial charge in [-0.15, -0.1) is 11.8 Å². The van der Waals surface area contributed by atoms with E-state index < -0.39 is 5.97 Å². The molecule has 3 fully saturated rings. The molecule has 194 valence electrons. The van der Waals surface area contributed by atoms with Crippen LogP contribution < -0.4 is 22.1 Å². The van der Waals surface area contributed by atoms with Gasteiger partial charge in [0.05, 0.1) is 24.5 Å². The molecule has 0 saturated carbocycles. The van der Waals surface area contributed by atoms with Gasteiger partial charge >= 0.3 is 5.97 Å². The molecule has 0 spiro atoms. The summed E-state index contributed by atoms with van der Waals surface area (Å²) in [4.78, 5) is 54.0. The van der Waals surface area contributed by atoms with E-state index in [9.17, 15) is 24.3 Å². The van der Waals surface area contributed by atoms with Crippen molar-refractivity contribution in [2.24, 2.45) is 29.2 Å². The molecule has 0 unspecified atom stereocenters. The Morgan fingerprint density at radius 3 is 2.51 bits per heavy atom. The first kappa shape index (κ1) is 26.1. The van der Waals surface area contributed by atoms with E-state index in [1.807, 2.05) is 13.8 Å². The average Bonchev–Trinajstić information content (AvgIpc) is 3.45. The summed E-state index contributed by atoms with van der Waals surface area (Å²) in [5, 5.41) is 16.1. The van der Waals surface area contributed by atoms with Crippen molar-refractivity contribution in [1.29, 1.82) is 0 Å². The van der Waals surface area contributed by atoms with Crippen LogP contribution >= 0.6 is 11.8 Å². The Kier molecular flexibility index (Phi) is 7.58. The number of β-lactam (4-membered cyclic amide) rings is 1. The minimum Gasteiger partial charge on any atom is -0.477 e. The molecular formula is C23H36N6O5S. The van der Waals surface area contributed by atoms with Crippen molar-refractivity contribution in [2.75, 3.05) is 33.2 Å². The molecule has 11 nitrogen and oxygen atoms in total. The van der Waals surface area contributed by atoms with Gasteiger partial charge in [-0.2, -0.15) is 0 Å². The van der Waals surface area contributed by atoms with Crippen LogP contribution in [0.5, 0.6) is 0 Å². The predicted molar refractivity (Wildman–Crippen MR) is 131 cm³/mol. The number of nitrogens with two attached hydrogens (primary N) is 2. The van der Waals surface area contributed by atoms with Crippen LogP contribution in [-0.2, 0) is 19.2 Å². The van der Waals surface area contributed by atoms with Crippen LogP contribution in [0.2, 0.25) is 0 Å². The molecule has 4 rings (SSSR count). The number of aliphatic carboxylic acids is 1. The average molecular weight is 509 g/mol. The number of hydrogen-bond donors (Lipinski definition) is 5. The molecule has 8 atom stereocenters. The van der Waals surface area contributed by atoms with E-state index in [0.29, 0.717) is 31.0 Å². The number of hydrogen-bond acceptors (Lipinski definition) is 9. The zero-order valence-corrected chi connectivity index (χ0v) is 21.2. The molecule has 0 radical (unpaired) electrons. The number of nitrogens with zero attached hydrogens (tertiary/aromatic N) is 2. The van der Waals surface area contributed by atoms with Crippen LogP contribution in [0, 0.1) is 17.8 Å². The first-order valence-electron chi connectivity index (χ1n) is 12.2. The lowest BCUT2D eigenvalue weighted by molar-refractivity contribution is -0.160. The molecule has 7 N–H and O–H groups in total. The molecule has 4 aliphatic heterocycles. The van der Waals surface area contributed by atoms with Gasteiger partial charge in [0.2, 0.25) is 11.8 Å². The van der Waals surface area contributed by atoms with Crippen molar-refractivity contribution in [3.8, 4) is 0 Å². The fraction of sp³-hybridized carbons (Fsp3) is 0.739. The molecule has 0 aromatic carbocycles. The molecule has 0 aromatic rings. The van der Waals surface area contributed by atoms with Gasteiger partial charge < -0.3 is 37.0 Å². The number of carbonyl (C=O) groups excluding carboxylic acids is 3. The lowest BCUT2D eigenvalue weighted by Gasteiger charge is -2.47. The highest BCUT2D eigenvalue weighted by atomic mass is 32.2. The second-order valence-corrected chi connectivity index (χ2v) is 11.6. The molecule has 0 aromatic heterocycles. The van der Waals surface area contributed by atoms with E-state index in [0.717, 1.165) is 0 Å². The summed E-state index contributed by atoms with van der Waals surface area (Å²) in [5.74, 6) is -2.03. The van der Waals surface area contributed by atoms with Crippen molar-refractivity contribution in [2.45, 2.75) is 56.1 Å². The highest BCUT2D eigenvalue weighted by Gasteiger charge is 2.60. The van der Waals surface area contributed by atoms with Gasteiger partial charge in [0.15, 0.2) is 0 Å². The second-order valence-electron chi connectivity index (χ2n) is 10.3. The molecule has 12 heteroatoms. The van der Waals surface area contributed by atoms with Crippen molar-refractivity contribution < 1.29 is 24.3 Å². The molecule has 35 heavy (non-hydrogen) atoms. The van der Waals surface area contributed by atoms with Gasteiger partial charge in [0.1, 0.15) is 11.5 Å². The monoisotopic (exact) mass is 508 g/mol. The highest BCUT2D eigenvalue weighted by Crippen LogP contribution is 2.53. The summed E-state index contributed by atoms with van der Waals surface area (Å²) in [6.07, 6.45) is 0.837. The number of Topliss-reactive ketones (excluding diaryl/α,β-unsaturated/α-hetero) is 1. The Morgan fingerprint density at radius 1 is 1.26 bits per heavy atom. The maximum Gasteiger partial charge on any atom is 0.353 e. The Morgan fingerprint density at radius 2 is 1.91 bits per heavy atom. The number of likely N-dealkylation sites (tertiary alicyclic amines) is 1. The van der Waals surface area contributed by atoms with E-state index in [-0.39, 0.29) is 83.4 Å². The number of ketones is 1. The SMILES string of the molecule is CNCC(=O)C[C@H](C)[C@H]1C(=O)N2C(C(=O)O)=C(S[C@@H]3CN[C@H](C(=O)N4C[C@H](N)[C@@H](N)C4)C3)[C@H](C)[C@H]12. The third kappa shape index (κ3) is 4.74. The lowest BCUT2D eigenvalue weighted by Crippen LogP contribution is -2.62. The minimum atomic E-state index is -1.12. The lowest BCUT2D eigenvalue weighted by atomic mass is 9.73. The number of nitrogens with one attached hydrogen (secondary N) is 2. The van der Waals surface area contributed by atoms with E-state index in [1.165, 1.54) is 16.7 Å². The summed E-state index contributed by atoms with van der Waals surface area (Å²) in [5.41, 5.74) is 12.0. The van der Waals surface area contributed by atoms with Crippen LogP contribution in [-0.4, -0.2) is 101 Å². The number of likely N-dealkylation sites (N-methyl/N-ethyl adjacent to an activating group) is 1. The highest BCUT2D eigenvalue weighted by molar-refractivity contribution is 8.03. The van der Waals surface area contributed by atoms with Gasteiger partial charge in [-0.1, -0.05) is 13.8 Å². The smallest absolute Gasteiger partial charge is 0.353 e. The molecular weight excluding hydrogens is 472 g/mol. The van der Waals surface area contributed by atoms with Crippen molar-refractivity contribution in [1.82, 2.24) is 20.4 Å². The van der Waals surface area contributed by atoms with E-state index >= 15 is 0 Å². The summed E-state index contributed by atoms with van der Waals surface area (Å²) in [6, 6.07) is -1.06. The number of carboxylic acid groups (broad SMARTS) is 1. The van der Waals surface area contributed by atoms with Gasteiger partial charge in [-0.05, 0) is 19.4 Å². The maximum atomic E-state index is 13.0. The Bertz CT molecular complexity index is 933. The standard InChI is InChI=1S/C23H36N6O5S/c1-10(4-12(30)6-26-3)17-18-11(2)20(19(23(33)34)29(18)22(17)32)35-13-5-16(27-7-13)21(31)28-8-14(24)15(25)9-28/h10-11,13-18,26-27H,4-9,24-25H2,1-3H3,(H,33,34)/t10-,11+,13-,14-,15-,16-,17+,18+/m0/s1. The van der Waals surface area contributed by atoms with Crippen molar-refractivity contribution in [3.05, 3.63) is 10.6 Å². The zero-order chi connectivity index (χ0) is 25.6. The first-order chi connectivity index (χ1) is 16.5. The predicted octanol–water partition coefficient (Wildman–Crippen LogP) is -1.47. The van der Waals surface area contributed by atoms with Crippen molar-refractivity contribution >= 4 is 35.3 Å². The zero-order valence-electron chi connectivity index (χ0n) is 20.4. The number of thioether (sulfide) groups is 1. The Labute approximate surface area is 209 Å². The third-order valence-corrected chi connectivity index (χ3v) is 9.25. The Balaban J connectivity index is 1.43. The minimum absolute atomic E-state index is 0.00239. The quantitative estimate of drug-likeness (QED) is 0.232. The van der Waals surface area contributed by atoms with Crippen LogP contribution in [0.4, 0.5) is 0 Å². The van der Waals surface area contributed by atoms with Crippen LogP contribution in [0.1, 0.15) is 26.7 Å². The number of fused-ring (bicyclic) bond motifs is 1. The van der Waals surface area contributed by atoms with Crippen LogP contribution in [0.3, 0.4) is 0 Å². The molecule has 0 bridgehead atoms. The van der Waals surface area contributed by atoms with E-state index in [2.05, 4.69) is 10.6 Å². The molecule has 2 amide bonds. The van der Waals surface area contributed by atoms with Gasteiger partial charge in [-0.3, -0.25) is 14.4 Å².